The Kier molecular flexibility index (Phi) is 6.13. The second-order valence-corrected chi connectivity index (χ2v) is 8.46. The van der Waals surface area contributed by atoms with E-state index < -0.39 is 17.4 Å². The minimum Gasteiger partial charge on any atom is -0.507 e. The SMILES string of the molecule is CCC(Cc1ccc(C(F)(F)F)cc1)c1cc(O)c(C(c2ccccc2)C2CC2)c(=O)o1. The molecule has 1 N–H and O–H groups in total. The van der Waals surface area contributed by atoms with Crippen LogP contribution in [-0.4, -0.2) is 5.11 Å². The summed E-state index contributed by atoms with van der Waals surface area (Å²) in [7, 11) is 0. The van der Waals surface area contributed by atoms with Gasteiger partial charge in [0.15, 0.2) is 0 Å². The molecule has 2 atom stereocenters. The lowest BCUT2D eigenvalue weighted by atomic mass is 9.87. The zero-order valence-electron chi connectivity index (χ0n) is 17.7. The predicted molar refractivity (Wildman–Crippen MR) is 116 cm³/mol. The van der Waals surface area contributed by atoms with Crippen LogP contribution in [0.5, 0.6) is 5.75 Å². The van der Waals surface area contributed by atoms with E-state index in [1.54, 1.807) is 0 Å². The van der Waals surface area contributed by atoms with E-state index in [1.807, 2.05) is 37.3 Å². The molecule has 1 fully saturated rings. The average Bonchev–Trinajstić information content (AvgIpc) is 3.60. The quantitative estimate of drug-likeness (QED) is 0.446. The van der Waals surface area contributed by atoms with Crippen LogP contribution in [0.25, 0.3) is 0 Å². The Hall–Kier alpha value is -3.02. The van der Waals surface area contributed by atoms with Crippen molar-refractivity contribution in [3.8, 4) is 5.75 Å². The predicted octanol–water partition coefficient (Wildman–Crippen LogP) is 6.64. The van der Waals surface area contributed by atoms with Crippen LogP contribution in [0.4, 0.5) is 13.2 Å². The molecule has 0 bridgehead atoms. The fraction of sp³-hybridized carbons (Fsp3) is 0.346. The highest BCUT2D eigenvalue weighted by atomic mass is 19.4. The van der Waals surface area contributed by atoms with Crippen molar-refractivity contribution in [1.82, 2.24) is 0 Å². The molecule has 1 aliphatic rings. The van der Waals surface area contributed by atoms with E-state index >= 15 is 0 Å². The highest BCUT2D eigenvalue weighted by Crippen LogP contribution is 2.47. The molecule has 0 saturated heterocycles. The van der Waals surface area contributed by atoms with Crippen LogP contribution < -0.4 is 5.63 Å². The van der Waals surface area contributed by atoms with Crippen LogP contribution in [0.15, 0.2) is 69.9 Å². The summed E-state index contributed by atoms with van der Waals surface area (Å²) in [6.45, 7) is 1.91. The van der Waals surface area contributed by atoms with Gasteiger partial charge in [-0.1, -0.05) is 49.4 Å². The Morgan fingerprint density at radius 2 is 1.72 bits per heavy atom. The summed E-state index contributed by atoms with van der Waals surface area (Å²) in [6, 6.07) is 16.1. The van der Waals surface area contributed by atoms with Crippen molar-refractivity contribution in [1.29, 1.82) is 0 Å². The Morgan fingerprint density at radius 3 is 2.25 bits per heavy atom. The summed E-state index contributed by atoms with van der Waals surface area (Å²) in [6.07, 6.45) is -1.39. The van der Waals surface area contributed by atoms with Gasteiger partial charge in [-0.3, -0.25) is 0 Å². The molecule has 0 spiro atoms. The van der Waals surface area contributed by atoms with Crippen LogP contribution in [-0.2, 0) is 12.6 Å². The van der Waals surface area contributed by atoms with E-state index in [4.69, 9.17) is 4.42 Å². The molecule has 2 unspecified atom stereocenters. The third-order valence-electron chi connectivity index (χ3n) is 6.21. The van der Waals surface area contributed by atoms with Gasteiger partial charge in [-0.05, 0) is 54.9 Å². The number of halogens is 3. The van der Waals surface area contributed by atoms with Gasteiger partial charge >= 0.3 is 11.8 Å². The molecule has 3 aromatic rings. The molecule has 0 radical (unpaired) electrons. The Morgan fingerprint density at radius 1 is 1.06 bits per heavy atom. The number of benzene rings is 2. The standard InChI is InChI=1S/C26H25F3O3/c1-2-17(14-16-8-12-20(13-9-16)26(27,28)29)22-15-21(30)24(25(31)32-22)23(19-10-11-19)18-6-4-3-5-7-18/h3-9,12-13,15,17,19,23,30H,2,10-11,14H2,1H3. The first-order valence-electron chi connectivity index (χ1n) is 10.9. The fourth-order valence-electron chi connectivity index (χ4n) is 4.32. The van der Waals surface area contributed by atoms with Crippen molar-refractivity contribution < 1.29 is 22.7 Å². The van der Waals surface area contributed by atoms with Crippen LogP contribution >= 0.6 is 0 Å². The summed E-state index contributed by atoms with van der Waals surface area (Å²) in [4.78, 5) is 13.0. The third-order valence-corrected chi connectivity index (χ3v) is 6.21. The number of hydrogen-bond acceptors (Lipinski definition) is 3. The monoisotopic (exact) mass is 442 g/mol. The number of aromatic hydroxyl groups is 1. The van der Waals surface area contributed by atoms with E-state index in [1.165, 1.54) is 18.2 Å². The summed E-state index contributed by atoms with van der Waals surface area (Å²) >= 11 is 0. The molecular weight excluding hydrogens is 417 g/mol. The maximum atomic E-state index is 13.0. The second kappa shape index (κ2) is 8.85. The van der Waals surface area contributed by atoms with Crippen molar-refractivity contribution in [2.75, 3.05) is 0 Å². The van der Waals surface area contributed by atoms with Crippen LogP contribution in [0.1, 0.15) is 66.0 Å². The highest BCUT2D eigenvalue weighted by molar-refractivity contribution is 5.42. The normalized spacial score (nSPS) is 16.0. The maximum absolute atomic E-state index is 13.0. The molecule has 0 amide bonds. The average molecular weight is 442 g/mol. The van der Waals surface area contributed by atoms with Crippen molar-refractivity contribution in [3.05, 3.63) is 99.1 Å². The lowest BCUT2D eigenvalue weighted by Crippen LogP contribution is -2.17. The molecule has 1 saturated carbocycles. The van der Waals surface area contributed by atoms with Gasteiger partial charge in [0.05, 0.1) is 11.1 Å². The summed E-state index contributed by atoms with van der Waals surface area (Å²) in [5.41, 5.74) is 0.715. The molecule has 0 aliphatic heterocycles. The van der Waals surface area contributed by atoms with Crippen LogP contribution in [0.2, 0.25) is 0 Å². The van der Waals surface area contributed by atoms with E-state index in [2.05, 4.69) is 0 Å². The maximum Gasteiger partial charge on any atom is 0.416 e. The lowest BCUT2D eigenvalue weighted by molar-refractivity contribution is -0.137. The van der Waals surface area contributed by atoms with Gasteiger partial charge in [0, 0.05) is 17.9 Å². The number of rotatable bonds is 7. The molecule has 3 nitrogen and oxygen atoms in total. The van der Waals surface area contributed by atoms with E-state index in [9.17, 15) is 23.1 Å². The van der Waals surface area contributed by atoms with E-state index in [0.717, 1.165) is 30.5 Å². The molecular formula is C26H25F3O3. The van der Waals surface area contributed by atoms with Gasteiger partial charge in [-0.15, -0.1) is 0 Å². The Labute approximate surface area is 184 Å². The molecule has 32 heavy (non-hydrogen) atoms. The highest BCUT2D eigenvalue weighted by Gasteiger charge is 2.37. The first kappa shape index (κ1) is 22.2. The van der Waals surface area contributed by atoms with Gasteiger partial charge in [-0.25, -0.2) is 4.79 Å². The number of alkyl halides is 3. The van der Waals surface area contributed by atoms with E-state index in [-0.39, 0.29) is 23.1 Å². The molecule has 6 heteroatoms. The first-order valence-corrected chi connectivity index (χ1v) is 10.9. The first-order chi connectivity index (χ1) is 15.3. The molecule has 1 aromatic heterocycles. The number of hydrogen-bond donors (Lipinski definition) is 1. The summed E-state index contributed by atoms with van der Waals surface area (Å²) in [5.74, 6) is 0.113. The van der Waals surface area contributed by atoms with Gasteiger partial charge in [0.2, 0.25) is 0 Å². The van der Waals surface area contributed by atoms with Crippen molar-refractivity contribution in [2.45, 2.75) is 50.6 Å². The second-order valence-electron chi connectivity index (χ2n) is 8.46. The van der Waals surface area contributed by atoms with E-state index in [0.29, 0.717) is 30.1 Å². The van der Waals surface area contributed by atoms with Crippen molar-refractivity contribution >= 4 is 0 Å². The van der Waals surface area contributed by atoms with Gasteiger partial charge < -0.3 is 9.52 Å². The molecule has 2 aromatic carbocycles. The zero-order chi connectivity index (χ0) is 22.9. The summed E-state index contributed by atoms with van der Waals surface area (Å²) in [5, 5.41) is 10.8. The van der Waals surface area contributed by atoms with Gasteiger partial charge in [0.25, 0.3) is 0 Å². The minimum absolute atomic E-state index is 0.0807. The smallest absolute Gasteiger partial charge is 0.416 e. The lowest BCUT2D eigenvalue weighted by Gasteiger charge is -2.20. The summed E-state index contributed by atoms with van der Waals surface area (Å²) < 4.78 is 44.1. The molecule has 4 rings (SSSR count). The van der Waals surface area contributed by atoms with Crippen LogP contribution in [0.3, 0.4) is 0 Å². The fourth-order valence-corrected chi connectivity index (χ4v) is 4.32. The Bertz CT molecular complexity index is 1110. The third kappa shape index (κ3) is 4.74. The van der Waals surface area contributed by atoms with Crippen molar-refractivity contribution in [3.63, 3.8) is 0 Å². The van der Waals surface area contributed by atoms with Gasteiger partial charge in [0.1, 0.15) is 11.5 Å². The molecule has 1 aliphatic carbocycles. The zero-order valence-corrected chi connectivity index (χ0v) is 17.7. The van der Waals surface area contributed by atoms with Crippen molar-refractivity contribution in [2.24, 2.45) is 5.92 Å². The minimum atomic E-state index is -4.38. The van der Waals surface area contributed by atoms with Gasteiger partial charge in [-0.2, -0.15) is 13.2 Å². The largest absolute Gasteiger partial charge is 0.507 e. The Balaban J connectivity index is 1.62. The molecule has 168 valence electrons. The van der Waals surface area contributed by atoms with Crippen LogP contribution in [0, 0.1) is 5.92 Å². The molecule has 1 heterocycles. The topological polar surface area (TPSA) is 50.4 Å².